The van der Waals surface area contributed by atoms with Crippen LogP contribution in [0.1, 0.15) is 33.1 Å². The molecule has 0 fully saturated rings. The number of benzene rings is 1. The van der Waals surface area contributed by atoms with Gasteiger partial charge >= 0.3 is 0 Å². The molecule has 1 aromatic heterocycles. The van der Waals surface area contributed by atoms with Crippen molar-refractivity contribution in [3.8, 4) is 17.5 Å². The summed E-state index contributed by atoms with van der Waals surface area (Å²) in [5, 5.41) is 17.6. The Balaban J connectivity index is 2.12. The summed E-state index contributed by atoms with van der Waals surface area (Å²) < 4.78 is 5.74. The summed E-state index contributed by atoms with van der Waals surface area (Å²) in [6, 6.07) is 9.56. The average molecular weight is 333 g/mol. The zero-order chi connectivity index (χ0) is 16.9. The van der Waals surface area contributed by atoms with Gasteiger partial charge in [0.2, 0.25) is 11.8 Å². The van der Waals surface area contributed by atoms with E-state index in [1.807, 2.05) is 18.2 Å². The van der Waals surface area contributed by atoms with E-state index in [1.54, 1.807) is 6.07 Å². The first kappa shape index (κ1) is 17.5. The molecule has 0 bridgehead atoms. The van der Waals surface area contributed by atoms with Crippen LogP contribution in [0.2, 0.25) is 5.02 Å². The average Bonchev–Trinajstić information content (AvgIpc) is 2.92. The van der Waals surface area contributed by atoms with Gasteiger partial charge in [0.25, 0.3) is 0 Å². The minimum Gasteiger partial charge on any atom is -0.419 e. The van der Waals surface area contributed by atoms with Gasteiger partial charge in [0.05, 0.1) is 23.2 Å². The molecular formula is C17H21ClN4O. The molecule has 0 N–H and O–H groups in total. The topological polar surface area (TPSA) is 66.0 Å². The van der Waals surface area contributed by atoms with Gasteiger partial charge in [0.1, 0.15) is 0 Å². The van der Waals surface area contributed by atoms with Gasteiger partial charge in [-0.25, -0.2) is 0 Å². The van der Waals surface area contributed by atoms with Crippen LogP contribution in [-0.2, 0) is 6.54 Å². The number of aromatic nitrogens is 2. The van der Waals surface area contributed by atoms with Crippen molar-refractivity contribution < 1.29 is 4.42 Å². The highest BCUT2D eigenvalue weighted by Crippen LogP contribution is 2.26. The first-order valence-electron chi connectivity index (χ1n) is 7.55. The maximum absolute atomic E-state index is 8.82. The van der Waals surface area contributed by atoms with Gasteiger partial charge in [0, 0.05) is 19.5 Å². The molecule has 2 rings (SSSR count). The molecule has 0 aliphatic carbocycles. The van der Waals surface area contributed by atoms with Gasteiger partial charge in [-0.05, 0) is 17.5 Å². The van der Waals surface area contributed by atoms with Gasteiger partial charge in [-0.1, -0.05) is 44.5 Å². The third-order valence-electron chi connectivity index (χ3n) is 3.17. The fourth-order valence-corrected chi connectivity index (χ4v) is 2.56. The smallest absolute Gasteiger partial charge is 0.249 e. The number of hydrogen-bond acceptors (Lipinski definition) is 5. The Morgan fingerprint density at radius 3 is 2.65 bits per heavy atom. The van der Waals surface area contributed by atoms with Crippen molar-refractivity contribution in [3.63, 3.8) is 0 Å². The highest BCUT2D eigenvalue weighted by Gasteiger charge is 2.19. The molecular weight excluding hydrogens is 312 g/mol. The summed E-state index contributed by atoms with van der Waals surface area (Å²) in [6.45, 7) is 8.53. The van der Waals surface area contributed by atoms with Crippen LogP contribution in [0.3, 0.4) is 0 Å². The number of nitrogens with zero attached hydrogens (tertiary/aromatic N) is 4. The standard InChI is InChI=1S/C17H21ClN4O/c1-17(2,3)12-22(10-6-9-19)11-15-20-21-16(23-15)13-7-4-5-8-14(13)18/h4-5,7-8H,6,10-12H2,1-3H3. The van der Waals surface area contributed by atoms with E-state index in [-0.39, 0.29) is 5.41 Å². The Morgan fingerprint density at radius 1 is 1.26 bits per heavy atom. The Kier molecular flexibility index (Phi) is 5.75. The van der Waals surface area contributed by atoms with Crippen LogP contribution < -0.4 is 0 Å². The fourth-order valence-electron chi connectivity index (χ4n) is 2.35. The van der Waals surface area contributed by atoms with E-state index >= 15 is 0 Å². The number of nitriles is 1. The fraction of sp³-hybridized carbons (Fsp3) is 0.471. The third kappa shape index (κ3) is 5.34. The predicted octanol–water partition coefficient (Wildman–Crippen LogP) is 4.15. The molecule has 6 heteroatoms. The molecule has 5 nitrogen and oxygen atoms in total. The summed E-state index contributed by atoms with van der Waals surface area (Å²) in [4.78, 5) is 2.16. The highest BCUT2D eigenvalue weighted by atomic mass is 35.5. The first-order chi connectivity index (χ1) is 10.9. The maximum Gasteiger partial charge on any atom is 0.249 e. The molecule has 0 saturated heterocycles. The molecule has 0 aliphatic rings. The van der Waals surface area contributed by atoms with E-state index in [0.717, 1.165) is 12.1 Å². The van der Waals surface area contributed by atoms with Crippen molar-refractivity contribution in [1.82, 2.24) is 15.1 Å². The summed E-state index contributed by atoms with van der Waals surface area (Å²) in [7, 11) is 0. The molecule has 0 unspecified atom stereocenters. The molecule has 0 radical (unpaired) electrons. The van der Waals surface area contributed by atoms with E-state index in [4.69, 9.17) is 21.3 Å². The first-order valence-corrected chi connectivity index (χ1v) is 7.93. The van der Waals surface area contributed by atoms with Crippen molar-refractivity contribution in [2.75, 3.05) is 13.1 Å². The van der Waals surface area contributed by atoms with Crippen LogP contribution >= 0.6 is 11.6 Å². The number of halogens is 1. The van der Waals surface area contributed by atoms with Crippen LogP contribution in [0.15, 0.2) is 28.7 Å². The van der Waals surface area contributed by atoms with Crippen LogP contribution in [-0.4, -0.2) is 28.2 Å². The lowest BCUT2D eigenvalue weighted by molar-refractivity contribution is 0.173. The second-order valence-corrected chi connectivity index (χ2v) is 7.07. The largest absolute Gasteiger partial charge is 0.419 e. The van der Waals surface area contributed by atoms with Gasteiger partial charge in [-0.2, -0.15) is 5.26 Å². The van der Waals surface area contributed by atoms with Crippen LogP contribution in [0.25, 0.3) is 11.5 Å². The van der Waals surface area contributed by atoms with Crippen LogP contribution in [0.4, 0.5) is 0 Å². The molecule has 0 aliphatic heterocycles. The molecule has 0 spiro atoms. The maximum atomic E-state index is 8.82. The molecule has 0 amide bonds. The lowest BCUT2D eigenvalue weighted by atomic mass is 9.96. The van der Waals surface area contributed by atoms with Crippen molar-refractivity contribution in [3.05, 3.63) is 35.2 Å². The number of hydrogen-bond donors (Lipinski definition) is 0. The van der Waals surface area contributed by atoms with Crippen molar-refractivity contribution >= 4 is 11.6 Å². The summed E-state index contributed by atoms with van der Waals surface area (Å²) in [5.74, 6) is 0.948. The van der Waals surface area contributed by atoms with E-state index < -0.39 is 0 Å². The quantitative estimate of drug-likeness (QED) is 0.794. The normalized spacial score (nSPS) is 11.7. The second kappa shape index (κ2) is 7.58. The van der Waals surface area contributed by atoms with Gasteiger partial charge in [-0.15, -0.1) is 10.2 Å². The van der Waals surface area contributed by atoms with Crippen LogP contribution in [0, 0.1) is 16.7 Å². The molecule has 1 heterocycles. The molecule has 0 atom stereocenters. The summed E-state index contributed by atoms with van der Waals surface area (Å²) in [5.41, 5.74) is 0.855. The lowest BCUT2D eigenvalue weighted by Gasteiger charge is -2.28. The van der Waals surface area contributed by atoms with Gasteiger partial charge in [-0.3, -0.25) is 4.90 Å². The summed E-state index contributed by atoms with van der Waals surface area (Å²) >= 11 is 6.16. The molecule has 1 aromatic carbocycles. The van der Waals surface area contributed by atoms with E-state index in [2.05, 4.69) is 41.9 Å². The monoisotopic (exact) mass is 332 g/mol. The zero-order valence-electron chi connectivity index (χ0n) is 13.7. The molecule has 122 valence electrons. The number of rotatable bonds is 6. The van der Waals surface area contributed by atoms with Crippen molar-refractivity contribution in [2.24, 2.45) is 5.41 Å². The van der Waals surface area contributed by atoms with Crippen molar-refractivity contribution in [2.45, 2.75) is 33.7 Å². The SMILES string of the molecule is CC(C)(C)CN(CCC#N)Cc1nnc(-c2ccccc2Cl)o1. The predicted molar refractivity (Wildman–Crippen MR) is 89.7 cm³/mol. The van der Waals surface area contributed by atoms with E-state index in [9.17, 15) is 0 Å². The third-order valence-corrected chi connectivity index (χ3v) is 3.50. The Hall–Kier alpha value is -1.90. The van der Waals surface area contributed by atoms with Gasteiger partial charge in [0.15, 0.2) is 0 Å². The van der Waals surface area contributed by atoms with Crippen LogP contribution in [0.5, 0.6) is 0 Å². The summed E-state index contributed by atoms with van der Waals surface area (Å²) in [6.07, 6.45) is 0.474. The lowest BCUT2D eigenvalue weighted by Crippen LogP contribution is -2.33. The van der Waals surface area contributed by atoms with Gasteiger partial charge < -0.3 is 4.42 Å². The molecule has 2 aromatic rings. The van der Waals surface area contributed by atoms with Crippen molar-refractivity contribution in [1.29, 1.82) is 5.26 Å². The zero-order valence-corrected chi connectivity index (χ0v) is 14.5. The Labute approximate surface area is 141 Å². The Bertz CT molecular complexity index is 684. The van der Waals surface area contributed by atoms with E-state index in [1.165, 1.54) is 0 Å². The Morgan fingerprint density at radius 2 is 2.00 bits per heavy atom. The van der Waals surface area contributed by atoms with E-state index in [0.29, 0.717) is 36.3 Å². The highest BCUT2D eigenvalue weighted by molar-refractivity contribution is 6.33. The molecule has 0 saturated carbocycles. The minimum atomic E-state index is 0.126. The minimum absolute atomic E-state index is 0.126. The second-order valence-electron chi connectivity index (χ2n) is 6.66. The molecule has 23 heavy (non-hydrogen) atoms.